The number of hydrogen-bond acceptors (Lipinski definition) is 0. The van der Waals surface area contributed by atoms with Gasteiger partial charge < -0.3 is 0 Å². The molecule has 1 aliphatic rings. The predicted octanol–water partition coefficient (Wildman–Crippen LogP) is 6.04. The van der Waals surface area contributed by atoms with Gasteiger partial charge >= 0.3 is 0 Å². The van der Waals surface area contributed by atoms with Crippen molar-refractivity contribution in [3.63, 3.8) is 0 Å². The molecule has 0 saturated heterocycles. The molecule has 0 unspecified atom stereocenters. The maximum Gasteiger partial charge on any atom is -0.0276 e. The first-order chi connectivity index (χ1) is 10.0. The summed E-state index contributed by atoms with van der Waals surface area (Å²) in [4.78, 5) is 0. The van der Waals surface area contributed by atoms with Crippen LogP contribution in [-0.4, -0.2) is 0 Å². The summed E-state index contributed by atoms with van der Waals surface area (Å²) in [7, 11) is 0. The van der Waals surface area contributed by atoms with Crippen LogP contribution in [0.3, 0.4) is 0 Å². The lowest BCUT2D eigenvalue weighted by atomic mass is 10.1. The van der Waals surface area contributed by atoms with Crippen LogP contribution in [0.15, 0.2) is 79.0 Å². The molecule has 1 radical (unpaired) electrons. The minimum Gasteiger partial charge on any atom is -0.0845 e. The van der Waals surface area contributed by atoms with E-state index in [2.05, 4.69) is 30.4 Å². The minimum atomic E-state index is 1.07. The average Bonchev–Trinajstić information content (AvgIpc) is 2.46. The fourth-order valence-electron chi connectivity index (χ4n) is 1.80. The molecule has 0 amide bonds. The molecular formula is C20H25. The summed E-state index contributed by atoms with van der Waals surface area (Å²) in [6.45, 7) is 0. The van der Waals surface area contributed by atoms with Gasteiger partial charge in [0.1, 0.15) is 0 Å². The van der Waals surface area contributed by atoms with Gasteiger partial charge in [-0.1, -0.05) is 91.8 Å². The molecule has 0 aromatic carbocycles. The molecule has 0 N–H and O–H groups in total. The summed E-state index contributed by atoms with van der Waals surface area (Å²) < 4.78 is 0. The second kappa shape index (κ2) is 13.6. The van der Waals surface area contributed by atoms with Crippen molar-refractivity contribution in [2.45, 2.75) is 38.5 Å². The van der Waals surface area contributed by atoms with Crippen molar-refractivity contribution in [1.29, 1.82) is 0 Å². The van der Waals surface area contributed by atoms with Crippen LogP contribution in [0.25, 0.3) is 0 Å². The van der Waals surface area contributed by atoms with E-state index in [9.17, 15) is 0 Å². The maximum atomic E-state index is 3.31. The Bertz CT molecular complexity index is 371. The summed E-state index contributed by atoms with van der Waals surface area (Å²) in [6.07, 6.45) is 37.5. The average molecular weight is 265 g/mol. The van der Waals surface area contributed by atoms with Crippen molar-refractivity contribution in [3.05, 3.63) is 85.1 Å². The second-order valence-corrected chi connectivity index (χ2v) is 4.68. The van der Waals surface area contributed by atoms with E-state index in [-0.39, 0.29) is 0 Å². The minimum absolute atomic E-state index is 1.07. The van der Waals surface area contributed by atoms with Gasteiger partial charge in [-0.3, -0.25) is 0 Å². The molecule has 0 atom stereocenters. The Morgan fingerprint density at radius 3 is 1.75 bits per heavy atom. The van der Waals surface area contributed by atoms with Crippen molar-refractivity contribution in [2.75, 3.05) is 0 Å². The van der Waals surface area contributed by atoms with Gasteiger partial charge in [0.15, 0.2) is 0 Å². The van der Waals surface area contributed by atoms with Crippen molar-refractivity contribution in [2.24, 2.45) is 0 Å². The van der Waals surface area contributed by atoms with E-state index in [1.54, 1.807) is 0 Å². The third kappa shape index (κ3) is 11.3. The quantitative estimate of drug-likeness (QED) is 0.501. The zero-order chi connectivity index (χ0) is 14.1. The lowest BCUT2D eigenvalue weighted by Gasteiger charge is -1.96. The fourth-order valence-corrected chi connectivity index (χ4v) is 1.80. The summed E-state index contributed by atoms with van der Waals surface area (Å²) in [6, 6.07) is 0. The van der Waals surface area contributed by atoms with Crippen LogP contribution in [0.5, 0.6) is 0 Å². The van der Waals surface area contributed by atoms with Crippen LogP contribution in [-0.2, 0) is 0 Å². The van der Waals surface area contributed by atoms with E-state index in [0.717, 1.165) is 6.42 Å². The number of rotatable bonds is 0. The molecule has 0 spiro atoms. The molecule has 1 rings (SSSR count). The Hall–Kier alpha value is -1.82. The monoisotopic (exact) mass is 265 g/mol. The first-order valence-electron chi connectivity index (χ1n) is 7.55. The van der Waals surface area contributed by atoms with Gasteiger partial charge in [0.05, 0.1) is 0 Å². The van der Waals surface area contributed by atoms with Crippen LogP contribution in [0.2, 0.25) is 0 Å². The van der Waals surface area contributed by atoms with E-state index in [4.69, 9.17) is 0 Å². The molecule has 0 aliphatic heterocycles. The lowest BCUT2D eigenvalue weighted by Crippen LogP contribution is -1.76. The van der Waals surface area contributed by atoms with Gasteiger partial charge in [0, 0.05) is 0 Å². The van der Waals surface area contributed by atoms with E-state index in [1.807, 2.05) is 54.7 Å². The van der Waals surface area contributed by atoms with Crippen molar-refractivity contribution in [3.8, 4) is 0 Å². The zero-order valence-corrected chi connectivity index (χ0v) is 12.2. The van der Waals surface area contributed by atoms with Gasteiger partial charge in [-0.15, -0.1) is 0 Å². The fraction of sp³-hybridized carbons (Fsp3) is 0.300. The zero-order valence-electron chi connectivity index (χ0n) is 12.2. The first kappa shape index (κ1) is 16.2. The van der Waals surface area contributed by atoms with Gasteiger partial charge in [-0.2, -0.15) is 0 Å². The molecule has 0 fully saturated rings. The van der Waals surface area contributed by atoms with E-state index in [0.29, 0.717) is 0 Å². The highest BCUT2D eigenvalue weighted by molar-refractivity contribution is 5.20. The summed E-state index contributed by atoms with van der Waals surface area (Å²) >= 11 is 0. The summed E-state index contributed by atoms with van der Waals surface area (Å²) in [5.41, 5.74) is 0. The van der Waals surface area contributed by atoms with Crippen LogP contribution < -0.4 is 0 Å². The molecule has 105 valence electrons. The largest absolute Gasteiger partial charge is 0.0845 e. The molecule has 0 aromatic heterocycles. The number of hydrogen-bond donors (Lipinski definition) is 0. The normalized spacial score (nSPS) is 29.6. The third-order valence-corrected chi connectivity index (χ3v) is 2.90. The van der Waals surface area contributed by atoms with E-state index < -0.39 is 0 Å². The Morgan fingerprint density at radius 2 is 1.05 bits per heavy atom. The summed E-state index contributed by atoms with van der Waals surface area (Å²) in [5, 5.41) is 0. The maximum absolute atomic E-state index is 3.31. The molecule has 0 heteroatoms. The molecular weight excluding hydrogens is 240 g/mol. The topological polar surface area (TPSA) is 0 Å². The molecule has 0 bridgehead atoms. The first-order valence-corrected chi connectivity index (χ1v) is 7.55. The standard InChI is InChI=1S/C20H25/c1-2-4-6-8-10-12-14-16-18-20-19-17-15-13-11-9-7-5-3-1/h1-13H,14,16-20H2/b3-1+,4-2+,7-5+,8-6-,11-9-,12-10+,15-13?. The van der Waals surface area contributed by atoms with Crippen LogP contribution in [0.4, 0.5) is 0 Å². The highest BCUT2D eigenvalue weighted by atomic mass is 13.9. The molecule has 20 heavy (non-hydrogen) atoms. The van der Waals surface area contributed by atoms with Crippen LogP contribution in [0, 0.1) is 6.08 Å². The Balaban J connectivity index is 2.45. The van der Waals surface area contributed by atoms with Crippen molar-refractivity contribution >= 4 is 0 Å². The van der Waals surface area contributed by atoms with Gasteiger partial charge in [-0.05, 0) is 31.8 Å². The Morgan fingerprint density at radius 1 is 0.500 bits per heavy atom. The molecule has 0 saturated carbocycles. The van der Waals surface area contributed by atoms with E-state index in [1.165, 1.54) is 32.1 Å². The van der Waals surface area contributed by atoms with Crippen molar-refractivity contribution in [1.82, 2.24) is 0 Å². The van der Waals surface area contributed by atoms with E-state index >= 15 is 0 Å². The van der Waals surface area contributed by atoms with Crippen LogP contribution in [0.1, 0.15) is 38.5 Å². The molecule has 0 aromatic rings. The summed E-state index contributed by atoms with van der Waals surface area (Å²) in [5.74, 6) is 0. The highest BCUT2D eigenvalue weighted by Crippen LogP contribution is 2.06. The van der Waals surface area contributed by atoms with Gasteiger partial charge in [0.2, 0.25) is 0 Å². The SMILES string of the molecule is [C]1=C/C=C\C=C\C=C\C=C\C=C/C=C/CCCCCC/1. The Kier molecular flexibility index (Phi) is 11.0. The second-order valence-electron chi connectivity index (χ2n) is 4.68. The van der Waals surface area contributed by atoms with Crippen LogP contribution >= 0.6 is 0 Å². The van der Waals surface area contributed by atoms with Crippen molar-refractivity contribution < 1.29 is 0 Å². The Labute approximate surface area is 124 Å². The van der Waals surface area contributed by atoms with Gasteiger partial charge in [0.25, 0.3) is 0 Å². The molecule has 0 nitrogen and oxygen atoms in total. The number of allylic oxidation sites excluding steroid dienone is 14. The van der Waals surface area contributed by atoms with Gasteiger partial charge in [-0.25, -0.2) is 0 Å². The lowest BCUT2D eigenvalue weighted by molar-refractivity contribution is 0.649. The molecule has 1 aliphatic carbocycles. The molecule has 0 heterocycles. The smallest absolute Gasteiger partial charge is 0.0276 e. The highest BCUT2D eigenvalue weighted by Gasteiger charge is 1.87. The third-order valence-electron chi connectivity index (χ3n) is 2.90. The predicted molar refractivity (Wildman–Crippen MR) is 90.4 cm³/mol.